The van der Waals surface area contributed by atoms with Crippen LogP contribution in [0.15, 0.2) is 46.0 Å². The van der Waals surface area contributed by atoms with E-state index in [-0.39, 0.29) is 5.75 Å². The number of hydrogen-bond donors (Lipinski definition) is 2. The summed E-state index contributed by atoms with van der Waals surface area (Å²) in [6.45, 7) is 0. The molecule has 0 bridgehead atoms. The maximum Gasteiger partial charge on any atom is 0.313 e. The molecule has 22 heavy (non-hydrogen) atoms. The number of aromatic amines is 1. The van der Waals surface area contributed by atoms with Crippen molar-refractivity contribution in [3.8, 4) is 22.9 Å². The molecule has 0 unspecified atom stereocenters. The molecular weight excluding hydrogens is 326 g/mol. The van der Waals surface area contributed by atoms with E-state index < -0.39 is 5.97 Å². The number of benzene rings is 1. The minimum absolute atomic E-state index is 0.0805. The van der Waals surface area contributed by atoms with E-state index in [2.05, 4.69) is 15.2 Å². The molecule has 0 aliphatic heterocycles. The Hall–Kier alpha value is -2.25. The van der Waals surface area contributed by atoms with E-state index >= 15 is 0 Å². The molecule has 6 nitrogen and oxygen atoms in total. The molecule has 2 N–H and O–H groups in total. The van der Waals surface area contributed by atoms with Gasteiger partial charge in [0.25, 0.3) is 0 Å². The van der Waals surface area contributed by atoms with Crippen LogP contribution in [0.4, 0.5) is 0 Å². The highest BCUT2D eigenvalue weighted by Gasteiger charge is 2.12. The maximum atomic E-state index is 10.5. The smallest absolute Gasteiger partial charge is 0.313 e. The molecule has 0 radical (unpaired) electrons. The minimum Gasteiger partial charge on any atom is -0.481 e. The Morgan fingerprint density at radius 1 is 1.18 bits per heavy atom. The molecule has 3 rings (SSSR count). The second kappa shape index (κ2) is 6.25. The van der Waals surface area contributed by atoms with Gasteiger partial charge in [-0.15, -0.1) is 10.2 Å². The summed E-state index contributed by atoms with van der Waals surface area (Å²) in [4.78, 5) is 13.4. The molecule has 3 aromatic rings. The van der Waals surface area contributed by atoms with Gasteiger partial charge < -0.3 is 14.5 Å². The van der Waals surface area contributed by atoms with Gasteiger partial charge in [0.2, 0.25) is 0 Å². The first kappa shape index (κ1) is 14.7. The molecule has 0 fully saturated rings. The van der Waals surface area contributed by atoms with Crippen LogP contribution in [0.1, 0.15) is 0 Å². The fraction of sp³-hybridized carbons (Fsp3) is 0.0714. The highest BCUT2D eigenvalue weighted by atomic mass is 35.5. The van der Waals surface area contributed by atoms with Gasteiger partial charge >= 0.3 is 5.97 Å². The summed E-state index contributed by atoms with van der Waals surface area (Å²) in [6, 6.07) is 10.9. The van der Waals surface area contributed by atoms with Gasteiger partial charge in [0, 0.05) is 10.6 Å². The van der Waals surface area contributed by atoms with Gasteiger partial charge in [-0.25, -0.2) is 0 Å². The average molecular weight is 336 g/mol. The number of carboxylic acids is 1. The van der Waals surface area contributed by atoms with Crippen molar-refractivity contribution in [2.75, 3.05) is 5.75 Å². The maximum absolute atomic E-state index is 10.5. The van der Waals surface area contributed by atoms with E-state index in [9.17, 15) is 4.79 Å². The summed E-state index contributed by atoms with van der Waals surface area (Å²) >= 11 is 6.92. The van der Waals surface area contributed by atoms with Crippen molar-refractivity contribution in [2.24, 2.45) is 0 Å². The molecule has 2 heterocycles. The SMILES string of the molecule is O=C(O)CSc1nnc(-c2ccc(-c3ccc(Cl)cc3)o2)[nH]1. The first-order valence-electron chi connectivity index (χ1n) is 6.25. The minimum atomic E-state index is -0.911. The van der Waals surface area contributed by atoms with Gasteiger partial charge in [-0.3, -0.25) is 4.79 Å². The van der Waals surface area contributed by atoms with E-state index in [4.69, 9.17) is 21.1 Å². The van der Waals surface area contributed by atoms with Crippen LogP contribution in [0.2, 0.25) is 5.02 Å². The summed E-state index contributed by atoms with van der Waals surface area (Å²) in [5.74, 6) is 0.671. The molecule has 0 saturated carbocycles. The second-order valence-corrected chi connectivity index (χ2v) is 5.73. The van der Waals surface area contributed by atoms with Crippen molar-refractivity contribution in [2.45, 2.75) is 5.16 Å². The zero-order chi connectivity index (χ0) is 15.5. The van der Waals surface area contributed by atoms with Crippen LogP contribution in [0, 0.1) is 0 Å². The second-order valence-electron chi connectivity index (χ2n) is 4.33. The van der Waals surface area contributed by atoms with Gasteiger partial charge in [-0.2, -0.15) is 0 Å². The zero-order valence-electron chi connectivity index (χ0n) is 11.1. The van der Waals surface area contributed by atoms with Crippen molar-refractivity contribution in [1.29, 1.82) is 0 Å². The van der Waals surface area contributed by atoms with Gasteiger partial charge in [0.1, 0.15) is 5.76 Å². The number of halogens is 1. The van der Waals surface area contributed by atoms with Crippen molar-refractivity contribution in [3.05, 3.63) is 41.4 Å². The lowest BCUT2D eigenvalue weighted by molar-refractivity contribution is -0.133. The number of thioether (sulfide) groups is 1. The summed E-state index contributed by atoms with van der Waals surface area (Å²) < 4.78 is 5.73. The van der Waals surface area contributed by atoms with Gasteiger partial charge in [0.15, 0.2) is 16.7 Å². The van der Waals surface area contributed by atoms with Crippen molar-refractivity contribution < 1.29 is 14.3 Å². The Balaban J connectivity index is 1.79. The fourth-order valence-corrected chi connectivity index (χ4v) is 2.44. The molecule has 0 amide bonds. The van der Waals surface area contributed by atoms with Crippen LogP contribution >= 0.6 is 23.4 Å². The molecule has 1 aromatic carbocycles. The lowest BCUT2D eigenvalue weighted by atomic mass is 10.2. The predicted octanol–water partition coefficient (Wildman–Crippen LogP) is 3.56. The highest BCUT2D eigenvalue weighted by molar-refractivity contribution is 7.99. The normalized spacial score (nSPS) is 10.8. The summed E-state index contributed by atoms with van der Waals surface area (Å²) in [6.07, 6.45) is 0. The molecule has 0 spiro atoms. The number of nitrogens with one attached hydrogen (secondary N) is 1. The van der Waals surface area contributed by atoms with E-state index in [0.717, 1.165) is 17.3 Å². The first-order chi connectivity index (χ1) is 10.6. The largest absolute Gasteiger partial charge is 0.481 e. The Morgan fingerprint density at radius 3 is 2.64 bits per heavy atom. The molecule has 0 atom stereocenters. The van der Waals surface area contributed by atoms with Crippen LogP contribution in [0.25, 0.3) is 22.9 Å². The van der Waals surface area contributed by atoms with E-state index in [1.807, 2.05) is 18.2 Å². The third kappa shape index (κ3) is 3.32. The molecule has 112 valence electrons. The standard InChI is InChI=1S/C14H10ClN3O3S/c15-9-3-1-8(2-4-9)10-5-6-11(21-10)13-16-14(18-17-13)22-7-12(19)20/h1-6H,7H2,(H,19,20)(H,16,17,18). The van der Waals surface area contributed by atoms with Crippen molar-refractivity contribution in [3.63, 3.8) is 0 Å². The van der Waals surface area contributed by atoms with Crippen molar-refractivity contribution >= 4 is 29.3 Å². The molecule has 0 saturated heterocycles. The fourth-order valence-electron chi connectivity index (χ4n) is 1.79. The number of hydrogen-bond acceptors (Lipinski definition) is 5. The van der Waals surface area contributed by atoms with Crippen molar-refractivity contribution in [1.82, 2.24) is 15.2 Å². The molecular formula is C14H10ClN3O3S. The third-order valence-corrected chi connectivity index (χ3v) is 3.87. The first-order valence-corrected chi connectivity index (χ1v) is 7.61. The monoisotopic (exact) mass is 335 g/mol. The number of aliphatic carboxylic acids is 1. The number of carboxylic acid groups (broad SMARTS) is 1. The molecule has 2 aromatic heterocycles. The van der Waals surface area contributed by atoms with Crippen LogP contribution in [0.3, 0.4) is 0 Å². The number of H-pyrrole nitrogens is 1. The quantitative estimate of drug-likeness (QED) is 0.692. The van der Waals surface area contributed by atoms with E-state index in [1.165, 1.54) is 0 Å². The topological polar surface area (TPSA) is 92.0 Å². The molecule has 8 heteroatoms. The third-order valence-electron chi connectivity index (χ3n) is 2.77. The van der Waals surface area contributed by atoms with Crippen LogP contribution in [-0.4, -0.2) is 32.0 Å². The van der Waals surface area contributed by atoms with Gasteiger partial charge in [-0.1, -0.05) is 23.4 Å². The number of carbonyl (C=O) groups is 1. The average Bonchev–Trinajstić information content (AvgIpc) is 3.15. The summed E-state index contributed by atoms with van der Waals surface area (Å²) in [5.41, 5.74) is 0.899. The predicted molar refractivity (Wildman–Crippen MR) is 82.9 cm³/mol. The Bertz CT molecular complexity index is 798. The van der Waals surface area contributed by atoms with E-state index in [0.29, 0.717) is 27.5 Å². The Kier molecular flexibility index (Phi) is 4.17. The van der Waals surface area contributed by atoms with Gasteiger partial charge in [0.05, 0.1) is 5.75 Å². The van der Waals surface area contributed by atoms with E-state index in [1.54, 1.807) is 18.2 Å². The Labute approximate surface area is 134 Å². The molecule has 0 aliphatic carbocycles. The number of aromatic nitrogens is 3. The highest BCUT2D eigenvalue weighted by Crippen LogP contribution is 2.28. The molecule has 0 aliphatic rings. The summed E-state index contributed by atoms with van der Waals surface area (Å²) in [5, 5.41) is 17.6. The van der Waals surface area contributed by atoms with Crippen LogP contribution in [0.5, 0.6) is 0 Å². The lowest BCUT2D eigenvalue weighted by Gasteiger charge is -1.96. The lowest BCUT2D eigenvalue weighted by Crippen LogP contribution is -1.97. The zero-order valence-corrected chi connectivity index (χ0v) is 12.7. The number of furan rings is 1. The van der Waals surface area contributed by atoms with Crippen LogP contribution < -0.4 is 0 Å². The Morgan fingerprint density at radius 2 is 1.91 bits per heavy atom. The number of rotatable bonds is 5. The van der Waals surface area contributed by atoms with Gasteiger partial charge in [-0.05, 0) is 36.4 Å². The number of nitrogens with zero attached hydrogens (tertiary/aromatic N) is 2. The van der Waals surface area contributed by atoms with Crippen LogP contribution in [-0.2, 0) is 4.79 Å². The summed E-state index contributed by atoms with van der Waals surface area (Å²) in [7, 11) is 0.